The average molecular weight is 349 g/mol. The number of piperidine rings is 1. The van der Waals surface area contributed by atoms with E-state index in [0.29, 0.717) is 17.8 Å². The largest absolute Gasteiger partial charge is 0.382 e. The second-order valence-electron chi connectivity index (χ2n) is 7.35. The van der Waals surface area contributed by atoms with Gasteiger partial charge in [-0.05, 0) is 55.5 Å². The molecule has 1 aromatic carbocycles. The van der Waals surface area contributed by atoms with E-state index < -0.39 is 0 Å². The van der Waals surface area contributed by atoms with Crippen LogP contribution in [0.25, 0.3) is 16.5 Å². The maximum Gasteiger partial charge on any atom is 0.151 e. The van der Waals surface area contributed by atoms with Crippen molar-refractivity contribution in [2.45, 2.75) is 25.3 Å². The molecule has 1 aromatic heterocycles. The lowest BCUT2D eigenvalue weighted by Crippen LogP contribution is -2.42. The molecule has 3 N–H and O–H groups in total. The fraction of sp³-hybridized carbons (Fsp3) is 0.421. The van der Waals surface area contributed by atoms with Crippen molar-refractivity contribution in [3.05, 3.63) is 35.7 Å². The van der Waals surface area contributed by atoms with Gasteiger partial charge in [0.25, 0.3) is 0 Å². The summed E-state index contributed by atoms with van der Waals surface area (Å²) in [5.74, 6) is 1.18. The average Bonchev–Trinajstić information content (AvgIpc) is 3.22. The number of hydrogen-bond donors (Lipinski definition) is 2. The summed E-state index contributed by atoms with van der Waals surface area (Å²) in [6, 6.07) is 6.81. The van der Waals surface area contributed by atoms with Crippen molar-refractivity contribution in [3.8, 4) is 0 Å². The summed E-state index contributed by atoms with van der Waals surface area (Å²) in [7, 11) is 1.95. The van der Waals surface area contributed by atoms with E-state index in [0.717, 1.165) is 36.1 Å². The summed E-state index contributed by atoms with van der Waals surface area (Å²) < 4.78 is 1.85. The third-order valence-electron chi connectivity index (χ3n) is 5.76. The Labute approximate surface area is 152 Å². The molecule has 7 heteroatoms. The molecule has 26 heavy (non-hydrogen) atoms. The number of hydrogen-bond acceptors (Lipinski definition) is 6. The molecule has 5 rings (SSSR count). The molecule has 0 amide bonds. The smallest absolute Gasteiger partial charge is 0.151 e. The topological polar surface area (TPSA) is 83.8 Å². The molecular weight excluding hydrogens is 326 g/mol. The second kappa shape index (κ2) is 5.95. The maximum atomic E-state index is 6.28. The molecule has 134 valence electrons. The van der Waals surface area contributed by atoms with Gasteiger partial charge in [0.05, 0.1) is 11.6 Å². The lowest BCUT2D eigenvalue weighted by Gasteiger charge is -2.34. The number of aliphatic imine (C=N–C) groups is 1. The molecule has 0 saturated carbocycles. The van der Waals surface area contributed by atoms with E-state index in [1.807, 2.05) is 17.9 Å². The van der Waals surface area contributed by atoms with Gasteiger partial charge in [0.2, 0.25) is 0 Å². The van der Waals surface area contributed by atoms with Crippen molar-refractivity contribution >= 4 is 28.7 Å². The number of benzene rings is 1. The number of fused-ring (bicyclic) bond motifs is 2. The third kappa shape index (κ3) is 2.42. The zero-order chi connectivity index (χ0) is 17.7. The van der Waals surface area contributed by atoms with Crippen LogP contribution in [0.1, 0.15) is 24.8 Å². The van der Waals surface area contributed by atoms with Crippen LogP contribution >= 0.6 is 0 Å². The molecule has 4 heterocycles. The highest BCUT2D eigenvalue weighted by atomic mass is 15.5. The van der Waals surface area contributed by atoms with Crippen LogP contribution < -0.4 is 11.1 Å². The fourth-order valence-corrected chi connectivity index (χ4v) is 4.49. The molecule has 0 radical (unpaired) electrons. The maximum absolute atomic E-state index is 6.28. The van der Waals surface area contributed by atoms with Gasteiger partial charge in [0.15, 0.2) is 5.84 Å². The van der Waals surface area contributed by atoms with Crippen LogP contribution in [-0.4, -0.2) is 46.1 Å². The number of aromatic nitrogens is 2. The Morgan fingerprint density at radius 2 is 2.08 bits per heavy atom. The first-order chi connectivity index (χ1) is 12.7. The Kier molecular flexibility index (Phi) is 3.56. The Hall–Kier alpha value is -2.67. The minimum atomic E-state index is 0.354. The normalized spacial score (nSPS) is 23.7. The van der Waals surface area contributed by atoms with Gasteiger partial charge in [-0.25, -0.2) is 4.99 Å². The van der Waals surface area contributed by atoms with Gasteiger partial charge in [-0.3, -0.25) is 9.69 Å². The van der Waals surface area contributed by atoms with Crippen LogP contribution in [0.15, 0.2) is 40.2 Å². The Morgan fingerprint density at radius 3 is 2.92 bits per heavy atom. The van der Waals surface area contributed by atoms with Crippen molar-refractivity contribution < 1.29 is 0 Å². The van der Waals surface area contributed by atoms with Crippen LogP contribution in [0, 0.1) is 5.92 Å². The van der Waals surface area contributed by atoms with E-state index in [1.54, 1.807) is 6.34 Å². The highest BCUT2D eigenvalue weighted by Crippen LogP contribution is 2.42. The number of nitrogens with one attached hydrogen (secondary N) is 1. The molecule has 1 unspecified atom stereocenters. The summed E-state index contributed by atoms with van der Waals surface area (Å²) >= 11 is 0. The van der Waals surface area contributed by atoms with E-state index in [1.165, 1.54) is 24.0 Å². The van der Waals surface area contributed by atoms with Gasteiger partial charge in [0, 0.05) is 18.6 Å². The molecule has 3 aliphatic rings. The van der Waals surface area contributed by atoms with E-state index in [2.05, 4.69) is 43.7 Å². The van der Waals surface area contributed by atoms with Crippen LogP contribution in [0.5, 0.6) is 0 Å². The number of hydrazone groups is 1. The van der Waals surface area contributed by atoms with Crippen LogP contribution in [0.4, 0.5) is 0 Å². The van der Waals surface area contributed by atoms with Gasteiger partial charge < -0.3 is 11.1 Å². The minimum Gasteiger partial charge on any atom is -0.382 e. The molecule has 2 aromatic rings. The molecule has 0 aliphatic carbocycles. The number of nitrogens with zero attached hydrogens (tertiary/aromatic N) is 5. The van der Waals surface area contributed by atoms with E-state index in [-0.39, 0.29) is 0 Å². The first-order valence-electron chi connectivity index (χ1n) is 9.23. The molecule has 1 saturated heterocycles. The van der Waals surface area contributed by atoms with E-state index in [9.17, 15) is 0 Å². The van der Waals surface area contributed by atoms with Crippen molar-refractivity contribution in [2.24, 2.45) is 28.8 Å². The van der Waals surface area contributed by atoms with Crippen LogP contribution in [0.3, 0.4) is 0 Å². The van der Waals surface area contributed by atoms with E-state index in [4.69, 9.17) is 5.73 Å². The van der Waals surface area contributed by atoms with Gasteiger partial charge in [0.1, 0.15) is 12.0 Å². The number of aryl methyl sites for hydroxylation is 1. The van der Waals surface area contributed by atoms with Crippen molar-refractivity contribution in [2.75, 3.05) is 13.1 Å². The molecule has 0 spiro atoms. The predicted molar refractivity (Wildman–Crippen MR) is 104 cm³/mol. The number of amidine groups is 1. The first-order valence-corrected chi connectivity index (χ1v) is 9.23. The molecule has 3 aliphatic heterocycles. The zero-order valence-corrected chi connectivity index (χ0v) is 14.9. The molecule has 1 fully saturated rings. The monoisotopic (exact) mass is 349 g/mol. The summed E-state index contributed by atoms with van der Waals surface area (Å²) in [5, 5.41) is 15.9. The zero-order valence-electron chi connectivity index (χ0n) is 14.9. The fourth-order valence-electron chi connectivity index (χ4n) is 4.49. The summed E-state index contributed by atoms with van der Waals surface area (Å²) in [6.45, 7) is 2.15. The highest BCUT2D eigenvalue weighted by molar-refractivity contribution is 6.08. The highest BCUT2D eigenvalue weighted by Gasteiger charge is 2.40. The van der Waals surface area contributed by atoms with Gasteiger partial charge >= 0.3 is 0 Å². The Bertz CT molecular complexity index is 946. The minimum absolute atomic E-state index is 0.354. The third-order valence-corrected chi connectivity index (χ3v) is 5.76. The quantitative estimate of drug-likeness (QED) is 0.864. The van der Waals surface area contributed by atoms with Crippen LogP contribution in [-0.2, 0) is 7.05 Å². The number of nitrogens with two attached hydrogens (primary N) is 1. The summed E-state index contributed by atoms with van der Waals surface area (Å²) in [5.41, 5.74) is 10.7. The first kappa shape index (κ1) is 15.6. The Morgan fingerprint density at radius 1 is 1.23 bits per heavy atom. The van der Waals surface area contributed by atoms with Crippen molar-refractivity contribution in [1.29, 1.82) is 0 Å². The standard InChI is InChI=1S/C19H23N7/c1-25-10-14-3-2-13(8-16(14)24-25)15-9-17(12-4-6-21-7-5-12)26-18(15)19(20)22-11-23-26/h2-3,8,10-12,17,21H,4-7,9H2,1H3,(H2,20,22,23). The summed E-state index contributed by atoms with van der Waals surface area (Å²) in [4.78, 5) is 4.27. The second-order valence-corrected chi connectivity index (χ2v) is 7.35. The van der Waals surface area contributed by atoms with E-state index >= 15 is 0 Å². The Balaban J connectivity index is 1.57. The van der Waals surface area contributed by atoms with Crippen molar-refractivity contribution in [3.63, 3.8) is 0 Å². The van der Waals surface area contributed by atoms with Crippen molar-refractivity contribution in [1.82, 2.24) is 20.1 Å². The lowest BCUT2D eigenvalue weighted by molar-refractivity contribution is 0.184. The van der Waals surface area contributed by atoms with Gasteiger partial charge in [-0.2, -0.15) is 10.2 Å². The predicted octanol–water partition coefficient (Wildman–Crippen LogP) is 1.67. The van der Waals surface area contributed by atoms with Gasteiger partial charge in [-0.1, -0.05) is 12.1 Å². The lowest BCUT2D eigenvalue weighted by atomic mass is 9.87. The number of rotatable bonds is 2. The molecule has 1 atom stereocenters. The molecule has 7 nitrogen and oxygen atoms in total. The van der Waals surface area contributed by atoms with Gasteiger partial charge in [-0.15, -0.1) is 0 Å². The SMILES string of the molecule is Cn1cc2ccc(C3=C4C(N)=NC=NN4C(C4CCNCC4)C3)cc2n1. The molecule has 0 bridgehead atoms. The molecular formula is C19H23N7. The van der Waals surface area contributed by atoms with Crippen LogP contribution in [0.2, 0.25) is 0 Å². The summed E-state index contributed by atoms with van der Waals surface area (Å²) in [6.07, 6.45) is 6.92.